The monoisotopic (exact) mass is 504 g/mol. The summed E-state index contributed by atoms with van der Waals surface area (Å²) in [5.74, 6) is 1.33. The number of hydrogen-bond acceptors (Lipinski definition) is 3. The lowest BCUT2D eigenvalue weighted by molar-refractivity contribution is -0.0555. The van der Waals surface area contributed by atoms with Gasteiger partial charge in [-0.15, -0.1) is 0 Å². The van der Waals surface area contributed by atoms with Gasteiger partial charge >= 0.3 is 0 Å². The van der Waals surface area contributed by atoms with Crippen molar-refractivity contribution in [2.24, 2.45) is 17.3 Å². The maximum absolute atomic E-state index is 11.5. The van der Waals surface area contributed by atoms with Crippen molar-refractivity contribution in [1.29, 1.82) is 0 Å². The maximum Gasteiger partial charge on any atom is 0.123 e. The molecule has 1 spiro atoms. The van der Waals surface area contributed by atoms with E-state index in [1.807, 2.05) is 11.8 Å². The summed E-state index contributed by atoms with van der Waals surface area (Å²) in [6, 6.07) is 2.18. The quantitative estimate of drug-likeness (QED) is 0.443. The summed E-state index contributed by atoms with van der Waals surface area (Å²) in [5, 5.41) is 11.5. The molecule has 1 heterocycles. The maximum atomic E-state index is 11.5. The van der Waals surface area contributed by atoms with Crippen LogP contribution in [0, 0.1) is 17.3 Å². The molecule has 4 aliphatic carbocycles. The topological polar surface area (TPSA) is 29.5 Å². The first kappa shape index (κ1) is 24.9. The Labute approximate surface area is 222 Å². The van der Waals surface area contributed by atoms with Crippen LogP contribution in [0.15, 0.2) is 28.7 Å². The fourth-order valence-corrected chi connectivity index (χ4v) is 9.85. The first-order valence-corrected chi connectivity index (χ1v) is 15.4. The van der Waals surface area contributed by atoms with E-state index in [1.165, 1.54) is 72.1 Å². The first-order valence-electron chi connectivity index (χ1n) is 14.6. The number of allylic oxidation sites excluding steroid dienone is 4. The largest absolute Gasteiger partial charge is 0.507 e. The van der Waals surface area contributed by atoms with Crippen molar-refractivity contribution in [3.63, 3.8) is 0 Å². The van der Waals surface area contributed by atoms with E-state index in [9.17, 15) is 5.11 Å². The Balaban J connectivity index is 1.46. The molecule has 1 aromatic carbocycles. The van der Waals surface area contributed by atoms with Crippen molar-refractivity contribution in [2.45, 2.75) is 116 Å². The fourth-order valence-electron chi connectivity index (χ4n) is 8.41. The summed E-state index contributed by atoms with van der Waals surface area (Å²) in [7, 11) is 0. The zero-order chi connectivity index (χ0) is 25.5. The molecule has 1 saturated carbocycles. The third kappa shape index (κ3) is 3.27. The van der Waals surface area contributed by atoms with Crippen LogP contribution in [0.25, 0.3) is 11.6 Å². The van der Waals surface area contributed by atoms with Gasteiger partial charge in [0.2, 0.25) is 0 Å². The Kier molecular flexibility index (Phi) is 5.89. The van der Waals surface area contributed by atoms with E-state index in [2.05, 4.69) is 65.8 Å². The van der Waals surface area contributed by atoms with Crippen molar-refractivity contribution < 1.29 is 9.84 Å². The van der Waals surface area contributed by atoms with Crippen molar-refractivity contribution in [3.8, 4) is 5.75 Å². The molecule has 1 N–H and O–H groups in total. The van der Waals surface area contributed by atoms with Crippen LogP contribution in [0.3, 0.4) is 0 Å². The van der Waals surface area contributed by atoms with Gasteiger partial charge < -0.3 is 9.84 Å². The first-order chi connectivity index (χ1) is 17.2. The smallest absolute Gasteiger partial charge is 0.123 e. The summed E-state index contributed by atoms with van der Waals surface area (Å²) in [6.45, 7) is 13.9. The van der Waals surface area contributed by atoms with E-state index >= 15 is 0 Å². The number of hydrogen-bond donors (Lipinski definition) is 1. The minimum atomic E-state index is -0.194. The highest BCUT2D eigenvalue weighted by Gasteiger charge is 2.53. The molecule has 6 rings (SSSR count). The van der Waals surface area contributed by atoms with Crippen LogP contribution in [0.5, 0.6) is 5.75 Å². The Hall–Kier alpha value is -1.45. The number of rotatable bonds is 4. The average molecular weight is 505 g/mol. The average Bonchev–Trinajstić information content (AvgIpc) is 3.39. The lowest BCUT2D eigenvalue weighted by atomic mass is 9.57. The molecule has 0 radical (unpaired) electrons. The van der Waals surface area contributed by atoms with E-state index in [1.54, 1.807) is 5.57 Å². The fraction of sp³-hybridized carbons (Fsp3) is 0.636. The standard InChI is InChI=1S/C33H44O2S/c1-7-31(8-2)13-15-32(16-14-31)25-12-10-9-11-22(25)30-24-17-28-29(18-23(24)27(34)19-26(30)32)36-33(35-28,20(3)4)21(5)6/h9,11,18-21,28,34H,7-8,10,12-17H2,1-6H3. The molecular formula is C33H44O2S. The Morgan fingerprint density at radius 2 is 1.75 bits per heavy atom. The molecular weight excluding hydrogens is 460 g/mol. The summed E-state index contributed by atoms with van der Waals surface area (Å²) in [6.07, 6.45) is 18.0. The molecule has 2 nitrogen and oxygen atoms in total. The summed E-state index contributed by atoms with van der Waals surface area (Å²) in [5.41, 5.74) is 9.03. The lowest BCUT2D eigenvalue weighted by Crippen LogP contribution is -2.38. The van der Waals surface area contributed by atoms with Crippen LogP contribution in [0.4, 0.5) is 0 Å². The van der Waals surface area contributed by atoms with Gasteiger partial charge in [0.05, 0.1) is 6.10 Å². The van der Waals surface area contributed by atoms with Gasteiger partial charge in [0.25, 0.3) is 0 Å². The SMILES string of the molecule is CCC1(CC)CCC2(CC1)C1=C(C=CCC1)c1c2cc(O)c2c1CC1OC(C(C)C)(C(C)C)SC1=C2. The second-order valence-corrected chi connectivity index (χ2v) is 14.1. The van der Waals surface area contributed by atoms with Gasteiger partial charge in [-0.2, -0.15) is 0 Å². The van der Waals surface area contributed by atoms with Crippen molar-refractivity contribution in [3.05, 3.63) is 51.0 Å². The third-order valence-corrected chi connectivity index (χ3v) is 12.8. The van der Waals surface area contributed by atoms with E-state index in [0.717, 1.165) is 18.4 Å². The van der Waals surface area contributed by atoms with Gasteiger partial charge in [-0.05, 0) is 90.2 Å². The van der Waals surface area contributed by atoms with Crippen LogP contribution in [0.2, 0.25) is 0 Å². The molecule has 1 saturated heterocycles. The molecule has 1 atom stereocenters. The molecule has 36 heavy (non-hydrogen) atoms. The zero-order valence-corrected chi connectivity index (χ0v) is 24.0. The molecule has 0 amide bonds. The van der Waals surface area contributed by atoms with Gasteiger partial charge in [0, 0.05) is 22.3 Å². The molecule has 1 unspecified atom stereocenters. The Bertz CT molecular complexity index is 1160. The number of phenols is 1. The van der Waals surface area contributed by atoms with Crippen LogP contribution >= 0.6 is 11.8 Å². The molecule has 1 aliphatic heterocycles. The number of thioether (sulfide) groups is 1. The van der Waals surface area contributed by atoms with Crippen molar-refractivity contribution in [1.82, 2.24) is 0 Å². The number of aromatic hydroxyl groups is 1. The second-order valence-electron chi connectivity index (χ2n) is 12.8. The van der Waals surface area contributed by atoms with Crippen molar-refractivity contribution >= 4 is 23.4 Å². The number of ether oxygens (including phenoxy) is 1. The summed E-state index contributed by atoms with van der Waals surface area (Å²) in [4.78, 5) is 1.11. The summed E-state index contributed by atoms with van der Waals surface area (Å²) >= 11 is 1.91. The molecule has 2 fully saturated rings. The zero-order valence-electron chi connectivity index (χ0n) is 23.2. The second kappa shape index (κ2) is 8.53. The third-order valence-electron chi connectivity index (χ3n) is 10.9. The summed E-state index contributed by atoms with van der Waals surface area (Å²) < 4.78 is 6.94. The minimum Gasteiger partial charge on any atom is -0.507 e. The van der Waals surface area contributed by atoms with Gasteiger partial charge in [0.1, 0.15) is 10.7 Å². The molecule has 0 aromatic heterocycles. The minimum absolute atomic E-state index is 0.102. The van der Waals surface area contributed by atoms with Crippen molar-refractivity contribution in [2.75, 3.05) is 0 Å². The van der Waals surface area contributed by atoms with Crippen LogP contribution in [-0.4, -0.2) is 16.1 Å². The van der Waals surface area contributed by atoms with E-state index in [4.69, 9.17) is 4.74 Å². The van der Waals surface area contributed by atoms with Gasteiger partial charge in [-0.3, -0.25) is 0 Å². The highest BCUT2D eigenvalue weighted by atomic mass is 32.2. The van der Waals surface area contributed by atoms with Gasteiger partial charge in [0.15, 0.2) is 0 Å². The Morgan fingerprint density at radius 3 is 2.39 bits per heavy atom. The number of benzene rings is 1. The molecule has 5 aliphatic rings. The van der Waals surface area contributed by atoms with E-state index < -0.39 is 0 Å². The lowest BCUT2D eigenvalue weighted by Gasteiger charge is -2.47. The van der Waals surface area contributed by atoms with Gasteiger partial charge in [-0.1, -0.05) is 83.9 Å². The van der Waals surface area contributed by atoms with Crippen LogP contribution in [-0.2, 0) is 16.6 Å². The number of phenolic OH excluding ortho intramolecular Hbond substituents is 1. The molecule has 1 aromatic rings. The Morgan fingerprint density at radius 1 is 1.06 bits per heavy atom. The molecule has 0 bridgehead atoms. The normalized spacial score (nSPS) is 26.8. The predicted molar refractivity (Wildman–Crippen MR) is 153 cm³/mol. The molecule has 3 heteroatoms. The molecule has 194 valence electrons. The predicted octanol–water partition coefficient (Wildman–Crippen LogP) is 9.16. The van der Waals surface area contributed by atoms with Crippen LogP contribution < -0.4 is 0 Å². The highest BCUT2D eigenvalue weighted by Crippen LogP contribution is 2.63. The van der Waals surface area contributed by atoms with E-state index in [-0.39, 0.29) is 16.5 Å². The van der Waals surface area contributed by atoms with E-state index in [0.29, 0.717) is 23.0 Å². The highest BCUT2D eigenvalue weighted by molar-refractivity contribution is 8.04. The van der Waals surface area contributed by atoms with Crippen LogP contribution in [0.1, 0.15) is 115 Å². The number of fused-ring (bicyclic) bond motifs is 7. The van der Waals surface area contributed by atoms with Gasteiger partial charge in [-0.25, -0.2) is 0 Å².